The van der Waals surface area contributed by atoms with Gasteiger partial charge in [-0.3, -0.25) is 0 Å². The van der Waals surface area contributed by atoms with Crippen LogP contribution in [-0.2, 0) is 4.74 Å². The average Bonchev–Trinajstić information content (AvgIpc) is 2.40. The van der Waals surface area contributed by atoms with E-state index >= 15 is 0 Å². The molecule has 0 unspecified atom stereocenters. The van der Waals surface area contributed by atoms with Gasteiger partial charge in [-0.25, -0.2) is 4.79 Å². The van der Waals surface area contributed by atoms with Gasteiger partial charge >= 0.3 is 6.09 Å². The molecule has 0 bridgehead atoms. The lowest BCUT2D eigenvalue weighted by atomic mass is 10.0. The number of ether oxygens (including phenoxy) is 1. The second kappa shape index (κ2) is 7.39. The minimum Gasteiger partial charge on any atom is -0.447 e. The first kappa shape index (κ1) is 15.0. The molecule has 1 atom stereocenters. The van der Waals surface area contributed by atoms with E-state index in [4.69, 9.17) is 4.74 Å². The molecule has 19 heavy (non-hydrogen) atoms. The van der Waals surface area contributed by atoms with Gasteiger partial charge in [0.25, 0.3) is 0 Å². The van der Waals surface area contributed by atoms with Crippen LogP contribution in [0.25, 0.3) is 0 Å². The highest BCUT2D eigenvalue weighted by molar-refractivity contribution is 7.99. The number of likely N-dealkylation sites (tertiary alicyclic amines) is 1. The Kier molecular flexibility index (Phi) is 5.82. The number of thioether (sulfide) groups is 1. The highest BCUT2D eigenvalue weighted by Gasteiger charge is 2.26. The van der Waals surface area contributed by atoms with Gasteiger partial charge in [0.2, 0.25) is 0 Å². The Morgan fingerprint density at radius 2 is 2.00 bits per heavy atom. The van der Waals surface area contributed by atoms with Crippen molar-refractivity contribution in [3.05, 3.63) is 0 Å². The number of piperidine rings is 1. The zero-order valence-electron chi connectivity index (χ0n) is 12.1. The van der Waals surface area contributed by atoms with Crippen molar-refractivity contribution >= 4 is 17.9 Å². The Morgan fingerprint density at radius 1 is 1.26 bits per heavy atom. The van der Waals surface area contributed by atoms with Crippen LogP contribution in [0, 0.1) is 0 Å². The molecule has 0 aromatic carbocycles. The average molecular weight is 286 g/mol. The minimum absolute atomic E-state index is 0.0254. The number of hydrogen-bond donors (Lipinski definition) is 1. The van der Waals surface area contributed by atoms with E-state index in [0.717, 1.165) is 25.9 Å². The summed E-state index contributed by atoms with van der Waals surface area (Å²) in [6.45, 7) is 5.44. The normalized spacial score (nSPS) is 25.6. The van der Waals surface area contributed by atoms with E-state index in [2.05, 4.69) is 17.1 Å². The molecule has 1 N–H and O–H groups in total. The van der Waals surface area contributed by atoms with Crippen molar-refractivity contribution in [2.24, 2.45) is 0 Å². The van der Waals surface area contributed by atoms with Crippen molar-refractivity contribution in [1.82, 2.24) is 10.2 Å². The third-order valence-corrected chi connectivity index (χ3v) is 4.94. The number of hydrogen-bond acceptors (Lipinski definition) is 4. The monoisotopic (exact) mass is 286 g/mol. The summed E-state index contributed by atoms with van der Waals surface area (Å²) in [7, 11) is 0. The van der Waals surface area contributed by atoms with Crippen molar-refractivity contribution in [2.45, 2.75) is 57.7 Å². The fourth-order valence-corrected chi connectivity index (χ4v) is 3.80. The quantitative estimate of drug-likeness (QED) is 0.865. The SMILES string of the molecule is CC(C)OC(=O)N1CCC(N[C@H]2CCCSC2)CC1. The molecule has 5 heteroatoms. The fourth-order valence-electron chi connectivity index (χ4n) is 2.71. The van der Waals surface area contributed by atoms with E-state index in [1.54, 1.807) is 0 Å². The molecule has 0 spiro atoms. The van der Waals surface area contributed by atoms with E-state index in [0.29, 0.717) is 12.1 Å². The van der Waals surface area contributed by atoms with Gasteiger partial charge in [0.15, 0.2) is 0 Å². The van der Waals surface area contributed by atoms with Gasteiger partial charge in [0.05, 0.1) is 6.10 Å². The topological polar surface area (TPSA) is 41.6 Å². The molecule has 0 aromatic heterocycles. The van der Waals surface area contributed by atoms with Gasteiger partial charge in [-0.1, -0.05) is 0 Å². The lowest BCUT2D eigenvalue weighted by Gasteiger charge is -2.35. The summed E-state index contributed by atoms with van der Waals surface area (Å²) in [4.78, 5) is 13.6. The zero-order valence-corrected chi connectivity index (χ0v) is 12.9. The van der Waals surface area contributed by atoms with Gasteiger partial charge in [-0.05, 0) is 45.3 Å². The predicted octanol–water partition coefficient (Wildman–Crippen LogP) is 2.48. The second-order valence-corrected chi connectivity index (χ2v) is 6.92. The Hall–Kier alpha value is -0.420. The maximum Gasteiger partial charge on any atom is 0.410 e. The largest absolute Gasteiger partial charge is 0.447 e. The van der Waals surface area contributed by atoms with Crippen LogP contribution >= 0.6 is 11.8 Å². The molecule has 0 radical (unpaired) electrons. The summed E-state index contributed by atoms with van der Waals surface area (Å²) < 4.78 is 5.24. The third-order valence-electron chi connectivity index (χ3n) is 3.72. The number of carbonyl (C=O) groups excluding carboxylic acids is 1. The van der Waals surface area contributed by atoms with Crippen LogP contribution in [0.1, 0.15) is 39.5 Å². The number of nitrogens with one attached hydrogen (secondary N) is 1. The standard InChI is InChI=1S/C14H26N2O2S/c1-11(2)18-14(17)16-7-5-12(6-8-16)15-13-4-3-9-19-10-13/h11-13,15H,3-10H2,1-2H3/t13-/m0/s1. The number of rotatable bonds is 3. The Bertz CT molecular complexity index is 285. The molecule has 2 heterocycles. The smallest absolute Gasteiger partial charge is 0.410 e. The molecular formula is C14H26N2O2S. The van der Waals surface area contributed by atoms with Crippen LogP contribution in [-0.4, -0.2) is 53.8 Å². The van der Waals surface area contributed by atoms with E-state index in [9.17, 15) is 4.79 Å². The van der Waals surface area contributed by atoms with Crippen LogP contribution in [0.15, 0.2) is 0 Å². The Labute approximate surface area is 120 Å². The summed E-state index contributed by atoms with van der Waals surface area (Å²) in [5.41, 5.74) is 0. The number of amides is 1. The first-order valence-electron chi connectivity index (χ1n) is 7.44. The summed E-state index contributed by atoms with van der Waals surface area (Å²) in [5, 5.41) is 3.76. The molecule has 2 aliphatic heterocycles. The van der Waals surface area contributed by atoms with E-state index in [1.165, 1.54) is 24.3 Å². The predicted molar refractivity (Wildman–Crippen MR) is 79.7 cm³/mol. The van der Waals surface area contributed by atoms with Gasteiger partial charge in [-0.2, -0.15) is 11.8 Å². The molecule has 1 amide bonds. The molecule has 0 aliphatic carbocycles. The first-order valence-corrected chi connectivity index (χ1v) is 8.60. The van der Waals surface area contributed by atoms with Crippen molar-refractivity contribution in [3.63, 3.8) is 0 Å². The van der Waals surface area contributed by atoms with E-state index in [-0.39, 0.29) is 12.2 Å². The molecule has 4 nitrogen and oxygen atoms in total. The molecular weight excluding hydrogens is 260 g/mol. The number of nitrogens with zero attached hydrogens (tertiary/aromatic N) is 1. The van der Waals surface area contributed by atoms with Crippen molar-refractivity contribution < 1.29 is 9.53 Å². The lowest BCUT2D eigenvalue weighted by molar-refractivity contribution is 0.0673. The molecule has 2 aliphatic rings. The molecule has 110 valence electrons. The van der Waals surface area contributed by atoms with Gasteiger partial charge < -0.3 is 15.0 Å². The lowest BCUT2D eigenvalue weighted by Crippen LogP contribution is -2.49. The van der Waals surface area contributed by atoms with Crippen LogP contribution < -0.4 is 5.32 Å². The first-order chi connectivity index (χ1) is 9.15. The van der Waals surface area contributed by atoms with Gasteiger partial charge in [0.1, 0.15) is 0 Å². The summed E-state index contributed by atoms with van der Waals surface area (Å²) in [6, 6.07) is 1.25. The van der Waals surface area contributed by atoms with E-state index in [1.807, 2.05) is 18.7 Å². The second-order valence-electron chi connectivity index (χ2n) is 5.77. The van der Waals surface area contributed by atoms with Crippen LogP contribution in [0.2, 0.25) is 0 Å². The minimum atomic E-state index is -0.151. The highest BCUT2D eigenvalue weighted by atomic mass is 32.2. The maximum absolute atomic E-state index is 11.8. The van der Waals surface area contributed by atoms with Crippen LogP contribution in [0.4, 0.5) is 4.79 Å². The molecule has 2 saturated heterocycles. The highest BCUT2D eigenvalue weighted by Crippen LogP contribution is 2.19. The van der Waals surface area contributed by atoms with Gasteiger partial charge in [0, 0.05) is 30.9 Å². The number of carbonyl (C=O) groups is 1. The van der Waals surface area contributed by atoms with Crippen LogP contribution in [0.5, 0.6) is 0 Å². The van der Waals surface area contributed by atoms with Crippen LogP contribution in [0.3, 0.4) is 0 Å². The van der Waals surface area contributed by atoms with Crippen molar-refractivity contribution in [3.8, 4) is 0 Å². The zero-order chi connectivity index (χ0) is 13.7. The van der Waals surface area contributed by atoms with Gasteiger partial charge in [-0.15, -0.1) is 0 Å². The Morgan fingerprint density at radius 3 is 2.58 bits per heavy atom. The van der Waals surface area contributed by atoms with Crippen molar-refractivity contribution in [1.29, 1.82) is 0 Å². The molecule has 2 rings (SSSR count). The molecule has 0 aromatic rings. The maximum atomic E-state index is 11.8. The Balaban J connectivity index is 1.68. The molecule has 2 fully saturated rings. The third kappa shape index (κ3) is 4.88. The van der Waals surface area contributed by atoms with Crippen molar-refractivity contribution in [2.75, 3.05) is 24.6 Å². The summed E-state index contributed by atoms with van der Waals surface area (Å²) in [5.74, 6) is 2.56. The molecule has 0 saturated carbocycles. The van der Waals surface area contributed by atoms with E-state index < -0.39 is 0 Å². The summed E-state index contributed by atoms with van der Waals surface area (Å²) in [6.07, 6.45) is 4.57. The fraction of sp³-hybridized carbons (Fsp3) is 0.929. The summed E-state index contributed by atoms with van der Waals surface area (Å²) >= 11 is 2.06.